The van der Waals surface area contributed by atoms with Gasteiger partial charge in [0, 0.05) is 25.5 Å². The molecule has 1 aromatic rings. The topological polar surface area (TPSA) is 49.4 Å². The summed E-state index contributed by atoms with van der Waals surface area (Å²) in [6, 6.07) is 7.64. The molecule has 0 saturated carbocycles. The maximum absolute atomic E-state index is 12.2. The summed E-state index contributed by atoms with van der Waals surface area (Å²) in [5.74, 6) is 1.05. The third-order valence-electron chi connectivity index (χ3n) is 3.69. The van der Waals surface area contributed by atoms with Crippen LogP contribution in [0.25, 0.3) is 0 Å². The zero-order valence-electron chi connectivity index (χ0n) is 11.7. The van der Waals surface area contributed by atoms with Crippen molar-refractivity contribution in [3.8, 4) is 0 Å². The Morgan fingerprint density at radius 3 is 2.60 bits per heavy atom. The Balaban J connectivity index is 1.95. The molecule has 4 nitrogen and oxygen atoms in total. The van der Waals surface area contributed by atoms with Gasteiger partial charge in [0.15, 0.2) is 0 Å². The molecule has 0 radical (unpaired) electrons. The molecular formula is C14H21ClN2O2S. The molecule has 0 aliphatic carbocycles. The molecule has 2 rings (SSSR count). The molecule has 1 aliphatic heterocycles. The molecule has 0 aromatic heterocycles. The van der Waals surface area contributed by atoms with Gasteiger partial charge in [0.1, 0.15) is 0 Å². The van der Waals surface area contributed by atoms with Gasteiger partial charge in [-0.05, 0) is 29.9 Å². The molecule has 0 spiro atoms. The van der Waals surface area contributed by atoms with Crippen LogP contribution in [0.3, 0.4) is 0 Å². The number of alkyl halides is 1. The minimum absolute atomic E-state index is 0.305. The predicted molar refractivity (Wildman–Crippen MR) is 81.7 cm³/mol. The van der Waals surface area contributed by atoms with E-state index in [-0.39, 0.29) is 0 Å². The first kappa shape index (κ1) is 15.8. The van der Waals surface area contributed by atoms with Crippen molar-refractivity contribution >= 4 is 21.8 Å². The summed E-state index contributed by atoms with van der Waals surface area (Å²) in [5, 5.41) is 0. The van der Waals surface area contributed by atoms with Crippen LogP contribution in [0.4, 0.5) is 0 Å². The maximum Gasteiger partial charge on any atom is 0.279 e. The third kappa shape index (κ3) is 4.19. The lowest BCUT2D eigenvalue weighted by Gasteiger charge is -2.29. The second kappa shape index (κ2) is 6.89. The van der Waals surface area contributed by atoms with E-state index in [4.69, 9.17) is 11.6 Å². The summed E-state index contributed by atoms with van der Waals surface area (Å²) in [6.45, 7) is 3.69. The van der Waals surface area contributed by atoms with E-state index in [0.717, 1.165) is 24.0 Å². The zero-order valence-corrected chi connectivity index (χ0v) is 13.3. The first-order chi connectivity index (χ1) is 9.51. The summed E-state index contributed by atoms with van der Waals surface area (Å²) < 4.78 is 28.6. The fourth-order valence-electron chi connectivity index (χ4n) is 2.31. The molecule has 0 amide bonds. The summed E-state index contributed by atoms with van der Waals surface area (Å²) in [7, 11) is -3.37. The predicted octanol–water partition coefficient (Wildman–Crippen LogP) is 2.49. The average Bonchev–Trinajstić information content (AvgIpc) is 2.46. The van der Waals surface area contributed by atoms with E-state index in [1.165, 1.54) is 0 Å². The van der Waals surface area contributed by atoms with E-state index in [1.54, 1.807) is 4.31 Å². The number of piperidine rings is 1. The highest BCUT2D eigenvalue weighted by Crippen LogP contribution is 2.18. The molecule has 1 heterocycles. The van der Waals surface area contributed by atoms with Crippen molar-refractivity contribution < 1.29 is 8.42 Å². The summed E-state index contributed by atoms with van der Waals surface area (Å²) in [6.07, 6.45) is 1.87. The first-order valence-corrected chi connectivity index (χ1v) is 8.87. The van der Waals surface area contributed by atoms with Gasteiger partial charge in [-0.1, -0.05) is 31.2 Å². The van der Waals surface area contributed by atoms with Gasteiger partial charge in [-0.25, -0.2) is 0 Å². The van der Waals surface area contributed by atoms with Crippen molar-refractivity contribution in [1.29, 1.82) is 0 Å². The van der Waals surface area contributed by atoms with Crippen molar-refractivity contribution in [2.24, 2.45) is 5.92 Å². The average molecular weight is 317 g/mol. The number of hydrogen-bond donors (Lipinski definition) is 1. The molecule has 1 aliphatic rings. The van der Waals surface area contributed by atoms with E-state index < -0.39 is 10.2 Å². The van der Waals surface area contributed by atoms with Crippen LogP contribution in [0.5, 0.6) is 0 Å². The highest BCUT2D eigenvalue weighted by molar-refractivity contribution is 7.87. The van der Waals surface area contributed by atoms with Gasteiger partial charge in [0.2, 0.25) is 0 Å². The van der Waals surface area contributed by atoms with Gasteiger partial charge in [-0.2, -0.15) is 17.4 Å². The van der Waals surface area contributed by atoms with Crippen LogP contribution in [0, 0.1) is 5.92 Å². The lowest BCUT2D eigenvalue weighted by Crippen LogP contribution is -2.44. The van der Waals surface area contributed by atoms with Crippen LogP contribution in [0.1, 0.15) is 30.9 Å². The molecular weight excluding hydrogens is 296 g/mol. The van der Waals surface area contributed by atoms with E-state index >= 15 is 0 Å². The van der Waals surface area contributed by atoms with E-state index in [9.17, 15) is 8.42 Å². The molecule has 112 valence electrons. The summed E-state index contributed by atoms with van der Waals surface area (Å²) in [5.41, 5.74) is 1.92. The standard InChI is InChI=1S/C14H21ClN2O2S/c1-12-5-7-17(8-6-12)20(18,19)16-11-14-4-2-3-13(9-14)10-15/h2-4,9,12,16H,5-8,10-11H2,1H3. The second-order valence-electron chi connectivity index (χ2n) is 5.36. The third-order valence-corrected chi connectivity index (χ3v) is 5.55. The number of nitrogens with zero attached hydrogens (tertiary/aromatic N) is 1. The Kier molecular flexibility index (Phi) is 5.43. The van der Waals surface area contributed by atoms with Crippen molar-refractivity contribution in [3.05, 3.63) is 35.4 Å². The Morgan fingerprint density at radius 1 is 1.30 bits per heavy atom. The number of rotatable bonds is 5. The van der Waals surface area contributed by atoms with Crippen LogP contribution in [0.15, 0.2) is 24.3 Å². The largest absolute Gasteiger partial charge is 0.279 e. The van der Waals surface area contributed by atoms with Gasteiger partial charge >= 0.3 is 0 Å². The lowest BCUT2D eigenvalue weighted by molar-refractivity contribution is 0.285. The molecule has 1 N–H and O–H groups in total. The number of halogens is 1. The van der Waals surface area contributed by atoms with Gasteiger partial charge in [-0.3, -0.25) is 0 Å². The number of nitrogens with one attached hydrogen (secondary N) is 1. The highest BCUT2D eigenvalue weighted by Gasteiger charge is 2.25. The minimum Gasteiger partial charge on any atom is -0.198 e. The second-order valence-corrected chi connectivity index (χ2v) is 7.38. The summed E-state index contributed by atoms with van der Waals surface area (Å²) in [4.78, 5) is 0. The molecule has 20 heavy (non-hydrogen) atoms. The zero-order chi connectivity index (χ0) is 14.6. The fourth-order valence-corrected chi connectivity index (χ4v) is 3.70. The normalized spacial score (nSPS) is 18.3. The van der Waals surface area contributed by atoms with Crippen LogP contribution >= 0.6 is 11.6 Å². The molecule has 0 bridgehead atoms. The van der Waals surface area contributed by atoms with E-state index in [1.807, 2.05) is 24.3 Å². The minimum atomic E-state index is -3.37. The van der Waals surface area contributed by atoms with Gasteiger partial charge in [0.05, 0.1) is 0 Å². The van der Waals surface area contributed by atoms with Crippen LogP contribution < -0.4 is 4.72 Å². The van der Waals surface area contributed by atoms with E-state index in [0.29, 0.717) is 31.4 Å². The van der Waals surface area contributed by atoms with Gasteiger partial charge < -0.3 is 0 Å². The molecule has 1 aromatic carbocycles. The Labute approximate surface area is 126 Å². The lowest BCUT2D eigenvalue weighted by atomic mass is 10.0. The Bertz CT molecular complexity index is 540. The first-order valence-electron chi connectivity index (χ1n) is 6.90. The van der Waals surface area contributed by atoms with Gasteiger partial charge in [-0.15, -0.1) is 11.6 Å². The van der Waals surface area contributed by atoms with E-state index in [2.05, 4.69) is 11.6 Å². The molecule has 1 saturated heterocycles. The molecule has 0 unspecified atom stereocenters. The Morgan fingerprint density at radius 2 is 1.95 bits per heavy atom. The number of hydrogen-bond acceptors (Lipinski definition) is 2. The molecule has 0 atom stereocenters. The van der Waals surface area contributed by atoms with Crippen molar-refractivity contribution in [2.45, 2.75) is 32.2 Å². The van der Waals surface area contributed by atoms with Crippen LogP contribution in [0.2, 0.25) is 0 Å². The monoisotopic (exact) mass is 316 g/mol. The SMILES string of the molecule is CC1CCN(S(=O)(=O)NCc2cccc(CCl)c2)CC1. The van der Waals surface area contributed by atoms with Crippen LogP contribution in [-0.4, -0.2) is 25.8 Å². The van der Waals surface area contributed by atoms with Crippen molar-refractivity contribution in [1.82, 2.24) is 9.03 Å². The van der Waals surface area contributed by atoms with Gasteiger partial charge in [0.25, 0.3) is 10.2 Å². The van der Waals surface area contributed by atoms with Crippen LogP contribution in [-0.2, 0) is 22.6 Å². The smallest absolute Gasteiger partial charge is 0.198 e. The van der Waals surface area contributed by atoms with Crippen molar-refractivity contribution in [3.63, 3.8) is 0 Å². The number of benzene rings is 1. The Hall–Kier alpha value is -0.620. The highest BCUT2D eigenvalue weighted by atomic mass is 35.5. The molecule has 6 heteroatoms. The molecule has 1 fully saturated rings. The fraction of sp³-hybridized carbons (Fsp3) is 0.571. The summed E-state index contributed by atoms with van der Waals surface area (Å²) >= 11 is 5.78. The maximum atomic E-state index is 12.2. The van der Waals surface area contributed by atoms with Crippen molar-refractivity contribution in [2.75, 3.05) is 13.1 Å². The quantitative estimate of drug-likeness (QED) is 0.848.